The van der Waals surface area contributed by atoms with E-state index in [1.807, 2.05) is 31.2 Å². The summed E-state index contributed by atoms with van der Waals surface area (Å²) in [6.45, 7) is 1.90. The van der Waals surface area contributed by atoms with Gasteiger partial charge in [0.2, 0.25) is 5.91 Å². The zero-order valence-corrected chi connectivity index (χ0v) is 11.9. The maximum absolute atomic E-state index is 13.1. The van der Waals surface area contributed by atoms with Crippen LogP contribution in [0.3, 0.4) is 0 Å². The third-order valence-corrected chi connectivity index (χ3v) is 3.94. The molecule has 3 nitrogen and oxygen atoms in total. The molecule has 0 aromatic heterocycles. The predicted octanol–water partition coefficient (Wildman–Crippen LogP) is 3.56. The second kappa shape index (κ2) is 5.20. The molecular weight excluding hydrogens is 269 g/mol. The molecule has 1 amide bonds. The average molecular weight is 285 g/mol. The second-order valence-corrected chi connectivity index (χ2v) is 5.19. The van der Waals surface area contributed by atoms with E-state index >= 15 is 0 Å². The molecule has 0 N–H and O–H groups in total. The van der Waals surface area contributed by atoms with Gasteiger partial charge < -0.3 is 9.64 Å². The van der Waals surface area contributed by atoms with Gasteiger partial charge >= 0.3 is 0 Å². The third-order valence-electron chi connectivity index (χ3n) is 3.94. The average Bonchev–Trinajstić information content (AvgIpc) is 2.53. The molecular formula is C17H16FNO2. The van der Waals surface area contributed by atoms with Crippen LogP contribution in [0.25, 0.3) is 0 Å². The van der Waals surface area contributed by atoms with Gasteiger partial charge in [0.05, 0.1) is 19.1 Å². The Morgan fingerprint density at radius 1 is 1.05 bits per heavy atom. The number of β-lactam (4-membered cyclic amide) rings is 1. The molecule has 2 atom stereocenters. The Labute approximate surface area is 123 Å². The first-order valence-electron chi connectivity index (χ1n) is 6.84. The van der Waals surface area contributed by atoms with E-state index in [0.717, 1.165) is 17.0 Å². The summed E-state index contributed by atoms with van der Waals surface area (Å²) in [5, 5.41) is 0. The Kier molecular flexibility index (Phi) is 3.37. The van der Waals surface area contributed by atoms with Crippen LogP contribution in [0.4, 0.5) is 10.1 Å². The fourth-order valence-electron chi connectivity index (χ4n) is 2.76. The van der Waals surface area contributed by atoms with Gasteiger partial charge in [-0.15, -0.1) is 0 Å². The minimum atomic E-state index is -0.270. The van der Waals surface area contributed by atoms with Gasteiger partial charge in [0.15, 0.2) is 0 Å². The van der Waals surface area contributed by atoms with Gasteiger partial charge in [0.25, 0.3) is 0 Å². The van der Waals surface area contributed by atoms with E-state index in [2.05, 4.69) is 0 Å². The molecule has 1 fully saturated rings. The largest absolute Gasteiger partial charge is 0.497 e. The van der Waals surface area contributed by atoms with Crippen molar-refractivity contribution in [3.63, 3.8) is 0 Å². The van der Waals surface area contributed by atoms with Gasteiger partial charge in [0.1, 0.15) is 11.6 Å². The number of ether oxygens (including phenoxy) is 1. The molecule has 2 aromatic carbocycles. The molecule has 21 heavy (non-hydrogen) atoms. The number of hydrogen-bond donors (Lipinski definition) is 0. The maximum atomic E-state index is 13.1. The van der Waals surface area contributed by atoms with Crippen molar-refractivity contribution in [3.05, 3.63) is 59.9 Å². The van der Waals surface area contributed by atoms with Gasteiger partial charge in [-0.2, -0.15) is 0 Å². The van der Waals surface area contributed by atoms with E-state index in [0.29, 0.717) is 0 Å². The molecule has 0 spiro atoms. The van der Waals surface area contributed by atoms with Crippen molar-refractivity contribution >= 4 is 11.6 Å². The monoisotopic (exact) mass is 285 g/mol. The minimum Gasteiger partial charge on any atom is -0.497 e. The summed E-state index contributed by atoms with van der Waals surface area (Å²) >= 11 is 0. The van der Waals surface area contributed by atoms with Crippen molar-refractivity contribution < 1.29 is 13.9 Å². The van der Waals surface area contributed by atoms with Gasteiger partial charge in [-0.25, -0.2) is 4.39 Å². The number of benzene rings is 2. The lowest BCUT2D eigenvalue weighted by atomic mass is 9.83. The van der Waals surface area contributed by atoms with Crippen molar-refractivity contribution in [2.24, 2.45) is 5.92 Å². The fraction of sp³-hybridized carbons (Fsp3) is 0.235. The Morgan fingerprint density at radius 3 is 2.24 bits per heavy atom. The number of carbonyl (C=O) groups is 1. The number of amides is 1. The van der Waals surface area contributed by atoms with Gasteiger partial charge in [-0.1, -0.05) is 19.1 Å². The summed E-state index contributed by atoms with van der Waals surface area (Å²) in [4.78, 5) is 13.9. The van der Waals surface area contributed by atoms with Crippen LogP contribution in [0.5, 0.6) is 5.75 Å². The summed E-state index contributed by atoms with van der Waals surface area (Å²) in [6, 6.07) is 13.7. The van der Waals surface area contributed by atoms with Crippen LogP contribution in [0.2, 0.25) is 0 Å². The number of hydrogen-bond acceptors (Lipinski definition) is 2. The molecule has 0 unspecified atom stereocenters. The number of anilines is 1. The molecule has 4 heteroatoms. The fourth-order valence-corrected chi connectivity index (χ4v) is 2.76. The van der Waals surface area contributed by atoms with E-state index < -0.39 is 0 Å². The van der Waals surface area contributed by atoms with Gasteiger partial charge in [-0.3, -0.25) is 4.79 Å². The van der Waals surface area contributed by atoms with Crippen LogP contribution in [-0.4, -0.2) is 13.0 Å². The number of nitrogens with zero attached hydrogens (tertiary/aromatic N) is 1. The van der Waals surface area contributed by atoms with Crippen molar-refractivity contribution in [2.75, 3.05) is 12.0 Å². The van der Waals surface area contributed by atoms with Crippen LogP contribution in [0, 0.1) is 11.7 Å². The normalized spacial score (nSPS) is 21.1. The van der Waals surface area contributed by atoms with Crippen LogP contribution in [-0.2, 0) is 4.79 Å². The first kappa shape index (κ1) is 13.6. The van der Waals surface area contributed by atoms with Crippen LogP contribution in [0.1, 0.15) is 18.5 Å². The van der Waals surface area contributed by atoms with E-state index in [-0.39, 0.29) is 23.7 Å². The third kappa shape index (κ3) is 2.27. The summed E-state index contributed by atoms with van der Waals surface area (Å²) in [6.07, 6.45) is 0. The molecule has 1 saturated heterocycles. The Bertz CT molecular complexity index is 651. The first-order valence-corrected chi connectivity index (χ1v) is 6.84. The van der Waals surface area contributed by atoms with E-state index in [4.69, 9.17) is 4.74 Å². The molecule has 0 aliphatic carbocycles. The summed E-state index contributed by atoms with van der Waals surface area (Å²) in [7, 11) is 1.60. The van der Waals surface area contributed by atoms with Crippen LogP contribution in [0.15, 0.2) is 48.5 Å². The predicted molar refractivity (Wildman–Crippen MR) is 78.8 cm³/mol. The number of methoxy groups -OCH3 is 1. The first-order chi connectivity index (χ1) is 10.1. The zero-order chi connectivity index (χ0) is 15.0. The Morgan fingerprint density at radius 2 is 1.67 bits per heavy atom. The lowest BCUT2D eigenvalue weighted by Crippen LogP contribution is -2.54. The van der Waals surface area contributed by atoms with Crippen molar-refractivity contribution in [1.29, 1.82) is 0 Å². The van der Waals surface area contributed by atoms with Crippen molar-refractivity contribution in [2.45, 2.75) is 13.0 Å². The smallest absolute Gasteiger partial charge is 0.232 e. The quantitative estimate of drug-likeness (QED) is 0.807. The molecule has 1 aliphatic heterocycles. The Hall–Kier alpha value is -2.36. The summed E-state index contributed by atoms with van der Waals surface area (Å²) < 4.78 is 18.2. The molecule has 3 rings (SSSR count). The molecule has 1 heterocycles. The second-order valence-electron chi connectivity index (χ2n) is 5.19. The summed E-state index contributed by atoms with van der Waals surface area (Å²) in [5.74, 6) is 0.457. The van der Waals surface area contributed by atoms with E-state index in [9.17, 15) is 9.18 Å². The molecule has 2 aromatic rings. The van der Waals surface area contributed by atoms with Crippen LogP contribution >= 0.6 is 0 Å². The lowest BCUT2D eigenvalue weighted by Gasteiger charge is -2.46. The highest BCUT2D eigenvalue weighted by Gasteiger charge is 2.45. The lowest BCUT2D eigenvalue weighted by molar-refractivity contribution is -0.129. The summed E-state index contributed by atoms with van der Waals surface area (Å²) in [5.41, 5.74) is 1.77. The highest BCUT2D eigenvalue weighted by atomic mass is 19.1. The Balaban J connectivity index is 1.92. The number of rotatable bonds is 3. The molecule has 108 valence electrons. The molecule has 0 bridgehead atoms. The number of halogens is 1. The van der Waals surface area contributed by atoms with E-state index in [1.54, 1.807) is 24.1 Å². The highest BCUT2D eigenvalue weighted by Crippen LogP contribution is 2.43. The molecule has 0 radical (unpaired) electrons. The van der Waals surface area contributed by atoms with Crippen molar-refractivity contribution in [1.82, 2.24) is 0 Å². The number of carbonyl (C=O) groups excluding carboxylic acids is 1. The van der Waals surface area contributed by atoms with Gasteiger partial charge in [-0.05, 0) is 42.0 Å². The maximum Gasteiger partial charge on any atom is 0.232 e. The minimum absolute atomic E-state index is 0.0495. The SMILES string of the molecule is COc1ccc(N2C(=O)[C@@H](C)[C@H]2c2ccc(F)cc2)cc1. The standard InChI is InChI=1S/C17H16FNO2/c1-11-16(12-3-5-13(18)6-4-12)19(17(11)20)14-7-9-15(21-2)10-8-14/h3-11,16H,1-2H3/t11-,16-/m0/s1. The van der Waals surface area contributed by atoms with Gasteiger partial charge in [0, 0.05) is 5.69 Å². The zero-order valence-electron chi connectivity index (χ0n) is 11.9. The van der Waals surface area contributed by atoms with E-state index in [1.165, 1.54) is 12.1 Å². The highest BCUT2D eigenvalue weighted by molar-refractivity contribution is 6.03. The van der Waals surface area contributed by atoms with Crippen LogP contribution < -0.4 is 9.64 Å². The van der Waals surface area contributed by atoms with Crippen molar-refractivity contribution in [3.8, 4) is 5.75 Å². The molecule has 1 aliphatic rings. The topological polar surface area (TPSA) is 29.5 Å². The molecule has 0 saturated carbocycles.